The van der Waals surface area contributed by atoms with E-state index < -0.39 is 13.1 Å². The van der Waals surface area contributed by atoms with Crippen LogP contribution in [0, 0.1) is 0 Å². The Balaban J connectivity index is -0.000000980. The summed E-state index contributed by atoms with van der Waals surface area (Å²) in [5, 5.41) is 0. The van der Waals surface area contributed by atoms with Crippen LogP contribution in [0.15, 0.2) is 0 Å². The first kappa shape index (κ1) is 23.1. The van der Waals surface area contributed by atoms with Crippen LogP contribution in [0.2, 0.25) is 0 Å². The maximum absolute atomic E-state index is 10.7. The Hall–Kier alpha value is 1.01. The van der Waals surface area contributed by atoms with E-state index in [-0.39, 0.29) is 44.1 Å². The molecule has 0 heterocycles. The summed E-state index contributed by atoms with van der Waals surface area (Å²) < 4.78 is 10.3. The third-order valence-electron chi connectivity index (χ3n) is 2.30. The van der Waals surface area contributed by atoms with Crippen LogP contribution in [-0.2, 0) is 9.36 Å². The van der Waals surface area contributed by atoms with E-state index in [1.54, 1.807) is 0 Å². The molecule has 0 aromatic carbocycles. The van der Waals surface area contributed by atoms with Gasteiger partial charge >= 0.3 is 37.7 Å². The first-order valence-electron chi connectivity index (χ1n) is 5.54. The van der Waals surface area contributed by atoms with Gasteiger partial charge in [-0.25, -0.2) is 0 Å². The van der Waals surface area contributed by atoms with Gasteiger partial charge in [-0.05, 0) is 6.42 Å². The maximum atomic E-state index is 10.7. The molecule has 4 nitrogen and oxygen atoms in total. The van der Waals surface area contributed by atoms with Gasteiger partial charge in [-0.2, -0.15) is 0 Å². The molecule has 0 amide bonds. The molecule has 0 radical (unpaired) electrons. The Morgan fingerprint density at radius 3 is 1.76 bits per heavy atom. The molecule has 0 aliphatic rings. The Bertz CT molecular complexity index is 230. The van der Waals surface area contributed by atoms with Crippen LogP contribution >= 0.6 is 7.60 Å². The zero-order valence-corrected chi connectivity index (χ0v) is 12.1. The SMILES string of the molecule is CCCCCCCCCC(=O)P(=O)([O-])[O-].[Li+].[Li+]. The normalized spacial score (nSPS) is 10.3. The summed E-state index contributed by atoms with van der Waals surface area (Å²) in [6.07, 6.45) is 6.95. The van der Waals surface area contributed by atoms with Gasteiger partial charge in [0.1, 0.15) is 0 Å². The van der Waals surface area contributed by atoms with Crippen LogP contribution in [-0.4, -0.2) is 5.52 Å². The Morgan fingerprint density at radius 1 is 0.941 bits per heavy atom. The molecule has 0 spiro atoms. The third-order valence-corrected chi connectivity index (χ3v) is 3.13. The van der Waals surface area contributed by atoms with Crippen LogP contribution in [0.3, 0.4) is 0 Å². The van der Waals surface area contributed by atoms with E-state index in [9.17, 15) is 19.1 Å². The van der Waals surface area contributed by atoms with Gasteiger partial charge in [0.15, 0.2) is 5.52 Å². The Labute approximate surface area is 128 Å². The van der Waals surface area contributed by atoms with Crippen LogP contribution < -0.4 is 47.5 Å². The van der Waals surface area contributed by atoms with E-state index in [0.29, 0.717) is 6.42 Å². The second-order valence-electron chi connectivity index (χ2n) is 3.76. The summed E-state index contributed by atoms with van der Waals surface area (Å²) >= 11 is 0. The van der Waals surface area contributed by atoms with Gasteiger partial charge in [0, 0.05) is 14.0 Å². The minimum Gasteiger partial charge on any atom is -0.805 e. The number of carbonyl (C=O) groups excluding carboxylic acids is 1. The Morgan fingerprint density at radius 2 is 1.35 bits per heavy atom. The number of carbonyl (C=O) groups is 1. The molecule has 0 aromatic heterocycles. The summed E-state index contributed by atoms with van der Waals surface area (Å²) in [5.41, 5.74) is -1.14. The van der Waals surface area contributed by atoms with Crippen molar-refractivity contribution in [2.75, 3.05) is 0 Å². The summed E-state index contributed by atoms with van der Waals surface area (Å²) in [7, 11) is -4.96. The number of unbranched alkanes of at least 4 members (excludes halogenated alkanes) is 6. The van der Waals surface area contributed by atoms with Crippen molar-refractivity contribution in [3.05, 3.63) is 0 Å². The van der Waals surface area contributed by atoms with Crippen molar-refractivity contribution < 1.29 is 56.9 Å². The molecule has 0 aliphatic heterocycles. The second kappa shape index (κ2) is 13.4. The molecule has 0 aromatic rings. The van der Waals surface area contributed by atoms with Crippen molar-refractivity contribution in [2.24, 2.45) is 0 Å². The fourth-order valence-corrected chi connectivity index (χ4v) is 1.80. The molecule has 17 heavy (non-hydrogen) atoms. The van der Waals surface area contributed by atoms with E-state index in [1.807, 2.05) is 0 Å². The van der Waals surface area contributed by atoms with E-state index in [1.165, 1.54) is 19.3 Å². The van der Waals surface area contributed by atoms with Gasteiger partial charge in [-0.15, -0.1) is 0 Å². The molecule has 0 rings (SSSR count). The third kappa shape index (κ3) is 15.0. The number of hydrogen-bond donors (Lipinski definition) is 0. The van der Waals surface area contributed by atoms with Crippen molar-refractivity contribution in [1.82, 2.24) is 0 Å². The van der Waals surface area contributed by atoms with Crippen molar-refractivity contribution in [2.45, 2.75) is 58.3 Å². The predicted octanol–water partition coefficient (Wildman–Crippen LogP) is -4.42. The summed E-state index contributed by atoms with van der Waals surface area (Å²) in [5.74, 6) is 0. The first-order chi connectivity index (χ1) is 6.98. The molecule has 0 bridgehead atoms. The van der Waals surface area contributed by atoms with E-state index in [2.05, 4.69) is 6.92 Å². The van der Waals surface area contributed by atoms with Crippen molar-refractivity contribution in [3.63, 3.8) is 0 Å². The standard InChI is InChI=1S/C10H21O4P.2Li/c1-2-3-4-5-6-7-8-9-10(11)15(12,13)14;;/h2-9H2,1H3,(H2,12,13,14);;/q;2*+1/p-2. The monoisotopic (exact) mass is 248 g/mol. The Kier molecular flexibility index (Phi) is 18.3. The maximum Gasteiger partial charge on any atom is 1.00 e. The van der Waals surface area contributed by atoms with Crippen LogP contribution in [0.1, 0.15) is 58.3 Å². The number of hydrogen-bond acceptors (Lipinski definition) is 4. The molecule has 0 atom stereocenters. The molecule has 0 unspecified atom stereocenters. The van der Waals surface area contributed by atoms with Crippen LogP contribution in [0.5, 0.6) is 0 Å². The minimum atomic E-state index is -4.96. The molecule has 90 valence electrons. The van der Waals surface area contributed by atoms with Crippen molar-refractivity contribution in [1.29, 1.82) is 0 Å². The average Bonchev–Trinajstić information content (AvgIpc) is 2.14. The molecule has 0 saturated carbocycles. The van der Waals surface area contributed by atoms with E-state index in [0.717, 1.165) is 19.3 Å². The molecule has 0 saturated heterocycles. The molecular weight excluding hydrogens is 229 g/mol. The molecule has 0 N–H and O–H groups in total. The van der Waals surface area contributed by atoms with Gasteiger partial charge in [-0.1, -0.05) is 45.4 Å². The zero-order valence-electron chi connectivity index (χ0n) is 11.2. The van der Waals surface area contributed by atoms with Gasteiger partial charge in [0.25, 0.3) is 0 Å². The van der Waals surface area contributed by atoms with Crippen molar-refractivity contribution in [3.8, 4) is 0 Å². The van der Waals surface area contributed by atoms with Gasteiger partial charge in [-0.3, -0.25) is 4.79 Å². The molecule has 0 aliphatic carbocycles. The largest absolute Gasteiger partial charge is 1.00 e. The minimum absolute atomic E-state index is 0. The summed E-state index contributed by atoms with van der Waals surface area (Å²) in [6, 6.07) is 0. The smallest absolute Gasteiger partial charge is 0.805 e. The second-order valence-corrected chi connectivity index (χ2v) is 5.26. The predicted molar refractivity (Wildman–Crippen MR) is 55.2 cm³/mol. The average molecular weight is 248 g/mol. The fourth-order valence-electron chi connectivity index (χ4n) is 1.37. The quantitative estimate of drug-likeness (QED) is 0.234. The van der Waals surface area contributed by atoms with E-state index >= 15 is 0 Å². The van der Waals surface area contributed by atoms with E-state index in [4.69, 9.17) is 0 Å². The van der Waals surface area contributed by atoms with Crippen LogP contribution in [0.4, 0.5) is 0 Å². The number of rotatable bonds is 9. The van der Waals surface area contributed by atoms with Gasteiger partial charge < -0.3 is 14.4 Å². The summed E-state index contributed by atoms with van der Waals surface area (Å²) in [4.78, 5) is 31.2. The zero-order chi connectivity index (χ0) is 11.7. The van der Waals surface area contributed by atoms with Crippen molar-refractivity contribution >= 4 is 13.1 Å². The first-order valence-corrected chi connectivity index (χ1v) is 7.08. The van der Waals surface area contributed by atoms with Gasteiger partial charge in [0.05, 0.1) is 0 Å². The molecule has 7 heteroatoms. The topological polar surface area (TPSA) is 80.3 Å². The van der Waals surface area contributed by atoms with Gasteiger partial charge in [0.2, 0.25) is 0 Å². The molecular formula is C10H19Li2O4P. The summed E-state index contributed by atoms with van der Waals surface area (Å²) in [6.45, 7) is 2.14. The van der Waals surface area contributed by atoms with Crippen LogP contribution in [0.25, 0.3) is 0 Å². The molecule has 0 fully saturated rings. The fraction of sp³-hybridized carbons (Fsp3) is 0.900.